The number of nitro benzene ring substituents is 1. The van der Waals surface area contributed by atoms with Crippen molar-refractivity contribution in [3.8, 4) is 5.75 Å². The van der Waals surface area contributed by atoms with E-state index < -0.39 is 22.5 Å². The van der Waals surface area contributed by atoms with Crippen molar-refractivity contribution >= 4 is 29.3 Å². The number of benzene rings is 2. The van der Waals surface area contributed by atoms with E-state index in [1.165, 1.54) is 18.2 Å². The lowest BCUT2D eigenvalue weighted by Crippen LogP contribution is -2.36. The second kappa shape index (κ2) is 10.7. The number of nitrogens with one attached hydrogen (secondary N) is 2. The van der Waals surface area contributed by atoms with Crippen LogP contribution < -0.4 is 15.4 Å². The number of likely N-dealkylation sites (tertiary alicyclic amines) is 1. The molecule has 202 valence electrons. The Balaban J connectivity index is 1.48. The molecule has 0 bridgehead atoms. The van der Waals surface area contributed by atoms with Crippen LogP contribution in [0.4, 0.5) is 16.2 Å². The number of anilines is 1. The maximum absolute atomic E-state index is 13.2. The summed E-state index contributed by atoms with van der Waals surface area (Å²) in [6.45, 7) is 7.88. The summed E-state index contributed by atoms with van der Waals surface area (Å²) in [4.78, 5) is 50.5. The van der Waals surface area contributed by atoms with Gasteiger partial charge < -0.3 is 25.0 Å². The number of ether oxygens (including phenoxy) is 2. The van der Waals surface area contributed by atoms with E-state index in [0.29, 0.717) is 36.3 Å². The fourth-order valence-electron chi connectivity index (χ4n) is 4.02. The minimum absolute atomic E-state index is 0.179. The summed E-state index contributed by atoms with van der Waals surface area (Å²) < 4.78 is 11.4. The molecule has 3 amide bonds. The van der Waals surface area contributed by atoms with Crippen molar-refractivity contribution in [2.24, 2.45) is 0 Å². The minimum atomic E-state index is -0.702. The van der Waals surface area contributed by atoms with Gasteiger partial charge in [0.1, 0.15) is 23.0 Å². The van der Waals surface area contributed by atoms with Crippen molar-refractivity contribution in [1.82, 2.24) is 10.2 Å². The first-order valence-corrected chi connectivity index (χ1v) is 12.6. The molecule has 1 heterocycles. The van der Waals surface area contributed by atoms with Crippen molar-refractivity contribution < 1.29 is 28.8 Å². The molecule has 1 saturated heterocycles. The smallest absolute Gasteiger partial charge is 0.410 e. The van der Waals surface area contributed by atoms with Crippen LogP contribution in [-0.4, -0.2) is 58.6 Å². The summed E-state index contributed by atoms with van der Waals surface area (Å²) in [5.74, 6) is -0.667. The Kier molecular flexibility index (Phi) is 7.56. The van der Waals surface area contributed by atoms with Gasteiger partial charge >= 0.3 is 6.09 Å². The van der Waals surface area contributed by atoms with Gasteiger partial charge in [-0.2, -0.15) is 0 Å². The van der Waals surface area contributed by atoms with Crippen LogP contribution in [0.2, 0.25) is 0 Å². The molecule has 1 aliphatic heterocycles. The third-order valence-electron chi connectivity index (χ3n) is 6.17. The number of carbonyl (C=O) groups excluding carboxylic acids is 3. The van der Waals surface area contributed by atoms with Crippen molar-refractivity contribution in [1.29, 1.82) is 0 Å². The average molecular weight is 525 g/mol. The number of nitrogens with zero attached hydrogens (tertiary/aromatic N) is 2. The molecule has 11 nitrogen and oxygen atoms in total. The molecule has 4 rings (SSSR count). The molecule has 2 aromatic rings. The van der Waals surface area contributed by atoms with Crippen LogP contribution in [0.25, 0.3) is 0 Å². The molecule has 2 fully saturated rings. The molecule has 0 aromatic heterocycles. The molecule has 2 N–H and O–H groups in total. The van der Waals surface area contributed by atoms with Crippen molar-refractivity contribution in [2.75, 3.05) is 18.4 Å². The molecular formula is C27H32N4O7. The fraction of sp³-hybridized carbons (Fsp3) is 0.444. The normalized spacial score (nSPS) is 17.1. The van der Waals surface area contributed by atoms with E-state index in [1.54, 1.807) is 50.8 Å². The number of rotatable bonds is 7. The van der Waals surface area contributed by atoms with Crippen LogP contribution in [0, 0.1) is 17.0 Å². The second-order valence-electron chi connectivity index (χ2n) is 10.6. The molecule has 11 heteroatoms. The summed E-state index contributed by atoms with van der Waals surface area (Å²) >= 11 is 0. The van der Waals surface area contributed by atoms with Gasteiger partial charge in [0.2, 0.25) is 0 Å². The topological polar surface area (TPSA) is 140 Å². The number of hydrogen-bond acceptors (Lipinski definition) is 7. The van der Waals surface area contributed by atoms with Gasteiger partial charge in [0, 0.05) is 36.3 Å². The molecule has 0 radical (unpaired) electrons. The van der Waals surface area contributed by atoms with E-state index >= 15 is 0 Å². The molecule has 1 atom stereocenters. The average Bonchev–Trinajstić information content (AvgIpc) is 3.52. The first-order chi connectivity index (χ1) is 17.9. The summed E-state index contributed by atoms with van der Waals surface area (Å²) in [5, 5.41) is 17.3. The van der Waals surface area contributed by atoms with Crippen LogP contribution >= 0.6 is 0 Å². The first kappa shape index (κ1) is 26.9. The quantitative estimate of drug-likeness (QED) is 0.403. The third kappa shape index (κ3) is 6.78. The van der Waals surface area contributed by atoms with Gasteiger partial charge in [0.05, 0.1) is 11.5 Å². The lowest BCUT2D eigenvalue weighted by Gasteiger charge is -2.24. The van der Waals surface area contributed by atoms with Gasteiger partial charge in [-0.1, -0.05) is 6.07 Å². The van der Waals surface area contributed by atoms with Gasteiger partial charge in [0.25, 0.3) is 17.5 Å². The van der Waals surface area contributed by atoms with Gasteiger partial charge in [-0.3, -0.25) is 19.7 Å². The van der Waals surface area contributed by atoms with E-state index in [0.717, 1.165) is 12.8 Å². The zero-order chi connectivity index (χ0) is 27.6. The maximum atomic E-state index is 13.2. The van der Waals surface area contributed by atoms with Gasteiger partial charge in [-0.05, 0) is 70.4 Å². The lowest BCUT2D eigenvalue weighted by molar-refractivity contribution is -0.385. The van der Waals surface area contributed by atoms with Crippen LogP contribution in [-0.2, 0) is 4.74 Å². The molecule has 2 aliphatic rings. The SMILES string of the molecule is Cc1ccc(C(=O)NC2CC2)cc1NC(=O)c1cc(OC2CCN(C(=O)OC(C)(C)C)C2)ccc1[N+](=O)[O-]. The Morgan fingerprint density at radius 3 is 2.45 bits per heavy atom. The molecule has 38 heavy (non-hydrogen) atoms. The van der Waals surface area contributed by atoms with E-state index in [2.05, 4.69) is 10.6 Å². The minimum Gasteiger partial charge on any atom is -0.488 e. The predicted molar refractivity (Wildman–Crippen MR) is 140 cm³/mol. The molecule has 0 spiro atoms. The highest BCUT2D eigenvalue weighted by molar-refractivity contribution is 6.08. The van der Waals surface area contributed by atoms with Crippen molar-refractivity contribution in [3.05, 3.63) is 63.2 Å². The zero-order valence-corrected chi connectivity index (χ0v) is 21.9. The first-order valence-electron chi connectivity index (χ1n) is 12.6. The van der Waals surface area contributed by atoms with Crippen LogP contribution in [0.1, 0.15) is 66.3 Å². The van der Waals surface area contributed by atoms with E-state index in [-0.39, 0.29) is 35.1 Å². The van der Waals surface area contributed by atoms with Gasteiger partial charge in [0.15, 0.2) is 0 Å². The maximum Gasteiger partial charge on any atom is 0.410 e. The van der Waals surface area contributed by atoms with Crippen LogP contribution in [0.15, 0.2) is 36.4 Å². The summed E-state index contributed by atoms with van der Waals surface area (Å²) in [6, 6.07) is 9.09. The Morgan fingerprint density at radius 1 is 1.05 bits per heavy atom. The number of aryl methyl sites for hydroxylation is 1. The highest BCUT2D eigenvalue weighted by atomic mass is 16.6. The Bertz CT molecular complexity index is 1270. The Morgan fingerprint density at radius 2 is 1.79 bits per heavy atom. The Labute approximate surface area is 220 Å². The highest BCUT2D eigenvalue weighted by Crippen LogP contribution is 2.28. The summed E-state index contributed by atoms with van der Waals surface area (Å²) in [5.41, 5.74) is 0.293. The van der Waals surface area contributed by atoms with Crippen LogP contribution in [0.3, 0.4) is 0 Å². The van der Waals surface area contributed by atoms with E-state index in [1.807, 2.05) is 0 Å². The summed E-state index contributed by atoms with van der Waals surface area (Å²) in [6.07, 6.45) is 1.65. The largest absolute Gasteiger partial charge is 0.488 e. The summed E-state index contributed by atoms with van der Waals surface area (Å²) in [7, 11) is 0. The molecular weight excluding hydrogens is 492 g/mol. The van der Waals surface area contributed by atoms with Gasteiger partial charge in [-0.15, -0.1) is 0 Å². The van der Waals surface area contributed by atoms with E-state index in [4.69, 9.17) is 9.47 Å². The predicted octanol–water partition coefficient (Wildman–Crippen LogP) is 4.44. The van der Waals surface area contributed by atoms with Crippen LogP contribution in [0.5, 0.6) is 5.75 Å². The van der Waals surface area contributed by atoms with Gasteiger partial charge in [-0.25, -0.2) is 4.79 Å². The standard InChI is InChI=1S/C27H32N4O7/c1-16-5-6-17(24(32)28-18-7-8-18)13-22(16)29-25(33)21-14-19(9-10-23(21)31(35)36)37-20-11-12-30(15-20)26(34)38-27(2,3)4/h5-6,9-10,13-14,18,20H,7-8,11-12,15H2,1-4H3,(H,28,32)(H,29,33). The van der Waals surface area contributed by atoms with E-state index in [9.17, 15) is 24.5 Å². The fourth-order valence-corrected chi connectivity index (χ4v) is 4.02. The molecule has 1 saturated carbocycles. The Hall–Kier alpha value is -4.15. The number of carbonyl (C=O) groups is 3. The van der Waals surface area contributed by atoms with Crippen molar-refractivity contribution in [2.45, 2.75) is 64.7 Å². The molecule has 1 aliphatic carbocycles. The zero-order valence-electron chi connectivity index (χ0n) is 21.9. The number of amides is 3. The highest BCUT2D eigenvalue weighted by Gasteiger charge is 2.31. The monoisotopic (exact) mass is 524 g/mol. The number of hydrogen-bond donors (Lipinski definition) is 2. The molecule has 2 aromatic carbocycles. The number of nitro groups is 1. The van der Waals surface area contributed by atoms with Crippen molar-refractivity contribution in [3.63, 3.8) is 0 Å². The second-order valence-corrected chi connectivity index (χ2v) is 10.6. The lowest BCUT2D eigenvalue weighted by atomic mass is 10.1. The third-order valence-corrected chi connectivity index (χ3v) is 6.17. The molecule has 1 unspecified atom stereocenters.